The first kappa shape index (κ1) is 21.3. The summed E-state index contributed by atoms with van der Waals surface area (Å²) >= 11 is 0. The second-order valence-corrected chi connectivity index (χ2v) is 8.85. The average molecular weight is 402 g/mol. The summed E-state index contributed by atoms with van der Waals surface area (Å²) in [4.78, 5) is 26.4. The Morgan fingerprint density at radius 3 is 2.22 bits per heavy atom. The van der Waals surface area contributed by atoms with Gasteiger partial charge in [-0.3, -0.25) is 18.1 Å². The van der Waals surface area contributed by atoms with Crippen molar-refractivity contribution in [3.63, 3.8) is 0 Å². The molecule has 0 aromatic carbocycles. The molecule has 1 rings (SSSR count). The van der Waals surface area contributed by atoms with Crippen LogP contribution >= 0.6 is 23.5 Å². The molecule has 16 heteroatoms. The SMILES string of the molecule is COP(=O)(O)OP(=O)(OC)OCC1CC(O)C(OP(=O)(O)O)O1. The van der Waals surface area contributed by atoms with Crippen molar-refractivity contribution >= 4 is 23.5 Å². The van der Waals surface area contributed by atoms with Crippen molar-refractivity contribution in [2.45, 2.75) is 24.9 Å². The number of aliphatic hydroxyl groups is 1. The molecule has 0 saturated carbocycles. The van der Waals surface area contributed by atoms with Gasteiger partial charge in [-0.2, -0.15) is 4.31 Å². The molecule has 23 heavy (non-hydrogen) atoms. The highest BCUT2D eigenvalue weighted by Crippen LogP contribution is 2.62. The van der Waals surface area contributed by atoms with Gasteiger partial charge in [0.2, 0.25) is 0 Å². The summed E-state index contributed by atoms with van der Waals surface area (Å²) in [7, 11) is -12.3. The minimum atomic E-state index is -4.88. The van der Waals surface area contributed by atoms with E-state index in [-0.39, 0.29) is 6.42 Å². The van der Waals surface area contributed by atoms with E-state index < -0.39 is 48.6 Å². The number of phosphoric ester groups is 3. The third-order valence-electron chi connectivity index (χ3n) is 2.46. The lowest BCUT2D eigenvalue weighted by molar-refractivity contribution is -0.125. The Balaban J connectivity index is 2.59. The van der Waals surface area contributed by atoms with Crippen LogP contribution in [0.1, 0.15) is 6.42 Å². The maximum atomic E-state index is 12.0. The van der Waals surface area contributed by atoms with Gasteiger partial charge in [0.1, 0.15) is 6.10 Å². The molecule has 0 amide bonds. The predicted molar refractivity (Wildman–Crippen MR) is 70.9 cm³/mol. The van der Waals surface area contributed by atoms with E-state index in [1.165, 1.54) is 0 Å². The van der Waals surface area contributed by atoms with E-state index in [0.717, 1.165) is 14.2 Å². The van der Waals surface area contributed by atoms with Crippen LogP contribution < -0.4 is 0 Å². The summed E-state index contributed by atoms with van der Waals surface area (Å²) in [5, 5.41) is 9.55. The third kappa shape index (κ3) is 7.37. The predicted octanol–water partition coefficient (Wildman–Crippen LogP) is 0.106. The molecule has 1 heterocycles. The van der Waals surface area contributed by atoms with Crippen molar-refractivity contribution in [2.24, 2.45) is 0 Å². The molecule has 1 aliphatic heterocycles. The van der Waals surface area contributed by atoms with Crippen molar-refractivity contribution in [2.75, 3.05) is 20.8 Å². The van der Waals surface area contributed by atoms with Gasteiger partial charge in [-0.1, -0.05) is 0 Å². The first-order valence-electron chi connectivity index (χ1n) is 5.87. The Bertz CT molecular complexity index is 530. The highest BCUT2D eigenvalue weighted by atomic mass is 31.3. The minimum absolute atomic E-state index is 0.171. The summed E-state index contributed by atoms with van der Waals surface area (Å²) in [6, 6.07) is 0. The van der Waals surface area contributed by atoms with E-state index >= 15 is 0 Å². The van der Waals surface area contributed by atoms with Gasteiger partial charge in [0, 0.05) is 20.6 Å². The van der Waals surface area contributed by atoms with Crippen molar-refractivity contribution in [1.82, 2.24) is 0 Å². The van der Waals surface area contributed by atoms with Crippen molar-refractivity contribution in [1.29, 1.82) is 0 Å². The van der Waals surface area contributed by atoms with E-state index in [9.17, 15) is 18.8 Å². The molecule has 1 saturated heterocycles. The molecule has 0 radical (unpaired) electrons. The molecule has 0 aromatic heterocycles. The van der Waals surface area contributed by atoms with E-state index in [4.69, 9.17) is 23.9 Å². The molecule has 0 aromatic rings. The van der Waals surface area contributed by atoms with E-state index in [1.807, 2.05) is 0 Å². The van der Waals surface area contributed by atoms with Crippen LogP contribution in [0.15, 0.2) is 0 Å². The van der Waals surface area contributed by atoms with E-state index in [2.05, 4.69) is 17.9 Å². The fraction of sp³-hybridized carbons (Fsp3) is 1.00. The summed E-state index contributed by atoms with van der Waals surface area (Å²) < 4.78 is 60.5. The summed E-state index contributed by atoms with van der Waals surface area (Å²) in [5.74, 6) is 0. The molecular formula is C7H17O13P3. The van der Waals surface area contributed by atoms with Gasteiger partial charge >= 0.3 is 23.5 Å². The van der Waals surface area contributed by atoms with Crippen molar-refractivity contribution in [3.8, 4) is 0 Å². The van der Waals surface area contributed by atoms with Gasteiger partial charge in [-0.15, -0.1) is 0 Å². The zero-order chi connectivity index (χ0) is 17.9. The lowest BCUT2D eigenvalue weighted by Crippen LogP contribution is -2.23. The van der Waals surface area contributed by atoms with Crippen LogP contribution in [0.4, 0.5) is 0 Å². The Morgan fingerprint density at radius 2 is 1.74 bits per heavy atom. The summed E-state index contributed by atoms with van der Waals surface area (Å²) in [6.45, 7) is -0.549. The van der Waals surface area contributed by atoms with Crippen LogP contribution in [0, 0.1) is 0 Å². The van der Waals surface area contributed by atoms with Gasteiger partial charge < -0.3 is 24.5 Å². The number of phosphoric acid groups is 3. The molecular weight excluding hydrogens is 385 g/mol. The number of rotatable bonds is 9. The van der Waals surface area contributed by atoms with Crippen LogP contribution in [0.25, 0.3) is 0 Å². The van der Waals surface area contributed by atoms with Crippen molar-refractivity contribution < 1.29 is 60.6 Å². The second kappa shape index (κ2) is 8.11. The molecule has 1 fully saturated rings. The molecule has 0 aliphatic carbocycles. The number of hydrogen-bond donors (Lipinski definition) is 4. The topological polar surface area (TPSA) is 188 Å². The molecule has 138 valence electrons. The van der Waals surface area contributed by atoms with Crippen LogP contribution in [-0.2, 0) is 40.8 Å². The molecule has 5 atom stereocenters. The van der Waals surface area contributed by atoms with Gasteiger partial charge in [0.25, 0.3) is 0 Å². The van der Waals surface area contributed by atoms with E-state index in [1.54, 1.807) is 0 Å². The van der Waals surface area contributed by atoms with E-state index in [0.29, 0.717) is 0 Å². The normalized spacial score (nSPS) is 30.8. The molecule has 13 nitrogen and oxygen atoms in total. The van der Waals surface area contributed by atoms with Crippen molar-refractivity contribution in [3.05, 3.63) is 0 Å². The number of ether oxygens (including phenoxy) is 1. The average Bonchev–Trinajstić information content (AvgIpc) is 2.75. The molecule has 4 N–H and O–H groups in total. The minimum Gasteiger partial charge on any atom is -0.388 e. The largest absolute Gasteiger partial charge is 0.483 e. The zero-order valence-corrected chi connectivity index (χ0v) is 14.6. The Labute approximate surface area is 130 Å². The van der Waals surface area contributed by atoms with Crippen LogP contribution in [0.2, 0.25) is 0 Å². The van der Waals surface area contributed by atoms with Crippen LogP contribution in [0.5, 0.6) is 0 Å². The first-order valence-corrected chi connectivity index (χ1v) is 10.4. The Kier molecular flexibility index (Phi) is 7.52. The lowest BCUT2D eigenvalue weighted by atomic mass is 10.2. The maximum absolute atomic E-state index is 12.0. The highest BCUT2D eigenvalue weighted by molar-refractivity contribution is 7.61. The molecule has 0 bridgehead atoms. The van der Waals surface area contributed by atoms with Gasteiger partial charge in [0.15, 0.2) is 6.29 Å². The third-order valence-corrected chi connectivity index (χ3v) is 5.94. The van der Waals surface area contributed by atoms with Gasteiger partial charge in [0.05, 0.1) is 12.7 Å². The summed E-state index contributed by atoms with van der Waals surface area (Å²) in [6.07, 6.45) is -4.15. The second-order valence-electron chi connectivity index (χ2n) is 4.18. The molecule has 0 spiro atoms. The smallest absolute Gasteiger partial charge is 0.388 e. The number of hydrogen-bond acceptors (Lipinski definition) is 10. The first-order chi connectivity index (χ1) is 10.4. The van der Waals surface area contributed by atoms with Gasteiger partial charge in [-0.05, 0) is 0 Å². The Morgan fingerprint density at radius 1 is 1.13 bits per heavy atom. The van der Waals surface area contributed by atoms with Gasteiger partial charge in [-0.25, -0.2) is 13.7 Å². The fourth-order valence-electron chi connectivity index (χ4n) is 1.50. The monoisotopic (exact) mass is 402 g/mol. The van der Waals surface area contributed by atoms with Crippen LogP contribution in [0.3, 0.4) is 0 Å². The van der Waals surface area contributed by atoms with Crippen LogP contribution in [-0.4, -0.2) is 59.1 Å². The molecule has 1 aliphatic rings. The molecule has 5 unspecified atom stereocenters. The highest BCUT2D eigenvalue weighted by Gasteiger charge is 2.42. The zero-order valence-electron chi connectivity index (χ0n) is 12.0. The fourth-order valence-corrected chi connectivity index (χ4v) is 4.15. The quantitative estimate of drug-likeness (QED) is 0.381. The number of aliphatic hydroxyl groups excluding tert-OH is 1. The summed E-state index contributed by atoms with van der Waals surface area (Å²) in [5.41, 5.74) is 0. The maximum Gasteiger partial charge on any atom is 0.483 e. The standard InChI is InChI=1S/C7H17O13P3/c1-15-22(12,13)20-23(14,16-2)17-4-5-3-6(8)7(18-5)19-21(9,10)11/h5-8H,3-4H2,1-2H3,(H,12,13)(H2,9,10,11). The Hall–Kier alpha value is 0.290. The lowest BCUT2D eigenvalue weighted by Gasteiger charge is -2.19.